The lowest BCUT2D eigenvalue weighted by Crippen LogP contribution is -2.58. The molecule has 6 rings (SSSR count). The van der Waals surface area contributed by atoms with E-state index in [1.54, 1.807) is 29.2 Å². The Kier molecular flexibility index (Phi) is 7.70. The first-order chi connectivity index (χ1) is 19.3. The largest absolute Gasteiger partial charge is 0.359 e. The minimum Gasteiger partial charge on any atom is -0.359 e. The van der Waals surface area contributed by atoms with Crippen LogP contribution >= 0.6 is 11.6 Å². The maximum Gasteiger partial charge on any atom is 0.246 e. The van der Waals surface area contributed by atoms with Crippen LogP contribution in [0.5, 0.6) is 0 Å². The summed E-state index contributed by atoms with van der Waals surface area (Å²) in [5.74, 6) is -1.16. The van der Waals surface area contributed by atoms with Gasteiger partial charge in [0.1, 0.15) is 11.6 Å². The van der Waals surface area contributed by atoms with E-state index in [2.05, 4.69) is 29.4 Å². The molecule has 3 amide bonds. The third kappa shape index (κ3) is 4.86. The molecule has 0 aromatic heterocycles. The van der Waals surface area contributed by atoms with Crippen molar-refractivity contribution in [2.24, 2.45) is 23.7 Å². The second kappa shape index (κ2) is 11.1. The number of likely N-dealkylation sites (tertiary alicyclic amines) is 2. The molecule has 4 aliphatic heterocycles. The zero-order valence-electron chi connectivity index (χ0n) is 23.5. The Balaban J connectivity index is 1.27. The van der Waals surface area contributed by atoms with Crippen molar-refractivity contribution in [2.45, 2.75) is 76.2 Å². The SMILES string of the molecule is C[C@@H]1[C@H](C)CCC[C@@H]1NC(=O)[C@@H]1N(CCN2CCCCC2)C(=O)[C@@H]2[C@@H](C(=O)Nc3ccc(Cl)cc3)[C@@H]3C=C[C@]21O3. The maximum atomic E-state index is 14.2. The van der Waals surface area contributed by atoms with E-state index in [-0.39, 0.29) is 23.8 Å². The molecule has 1 saturated carbocycles. The van der Waals surface area contributed by atoms with Crippen molar-refractivity contribution in [1.82, 2.24) is 15.1 Å². The number of anilines is 1. The zero-order chi connectivity index (χ0) is 28.0. The highest BCUT2D eigenvalue weighted by Gasteiger charge is 2.72. The Hall–Kier alpha value is -2.42. The summed E-state index contributed by atoms with van der Waals surface area (Å²) < 4.78 is 6.51. The number of halogens is 1. The summed E-state index contributed by atoms with van der Waals surface area (Å²) in [6.45, 7) is 7.63. The van der Waals surface area contributed by atoms with Gasteiger partial charge >= 0.3 is 0 Å². The van der Waals surface area contributed by atoms with Crippen LogP contribution in [0.2, 0.25) is 5.02 Å². The third-order valence-electron chi connectivity index (χ3n) is 10.2. The quantitative estimate of drug-likeness (QED) is 0.488. The van der Waals surface area contributed by atoms with E-state index in [1.165, 1.54) is 12.8 Å². The summed E-state index contributed by atoms with van der Waals surface area (Å²) in [5, 5.41) is 6.87. The highest BCUT2D eigenvalue weighted by molar-refractivity contribution is 6.30. The normalized spacial score (nSPS) is 37.0. The maximum absolute atomic E-state index is 14.2. The molecular formula is C31H41ClN4O4. The van der Waals surface area contributed by atoms with Gasteiger partial charge in [0.25, 0.3) is 0 Å². The molecule has 0 radical (unpaired) electrons. The zero-order valence-corrected chi connectivity index (χ0v) is 24.2. The van der Waals surface area contributed by atoms with E-state index in [1.807, 2.05) is 12.2 Å². The van der Waals surface area contributed by atoms with Crippen molar-refractivity contribution in [3.05, 3.63) is 41.4 Å². The van der Waals surface area contributed by atoms with Crippen LogP contribution in [0, 0.1) is 23.7 Å². The molecule has 4 heterocycles. The van der Waals surface area contributed by atoms with Crippen molar-refractivity contribution < 1.29 is 19.1 Å². The second-order valence-electron chi connectivity index (χ2n) is 12.5. The number of hydrogen-bond donors (Lipinski definition) is 2. The first kappa shape index (κ1) is 27.7. The van der Waals surface area contributed by atoms with Crippen LogP contribution in [0.3, 0.4) is 0 Å². The molecular weight excluding hydrogens is 528 g/mol. The standard InChI is InChI=1S/C31H41ClN4O4/c1-19-7-6-8-23(20(19)2)34-29(38)27-31-14-13-24(40-31)25(28(37)33-22-11-9-21(32)10-12-22)26(31)30(39)36(27)18-17-35-15-4-3-5-16-35/h9-14,19-20,23-27H,3-8,15-18H2,1-2H3,(H,33,37)(H,34,38)/t19-,20-,23+,24+,25+,26+,27+,31+/m1/s1. The number of amides is 3. The van der Waals surface area contributed by atoms with Gasteiger partial charge in [0.05, 0.1) is 17.9 Å². The fourth-order valence-corrected chi connectivity index (χ4v) is 7.87. The van der Waals surface area contributed by atoms with E-state index >= 15 is 0 Å². The van der Waals surface area contributed by atoms with Gasteiger partial charge in [-0.05, 0) is 68.5 Å². The molecule has 2 N–H and O–H groups in total. The van der Waals surface area contributed by atoms with E-state index in [0.717, 1.165) is 38.8 Å². The molecule has 2 bridgehead atoms. The summed E-state index contributed by atoms with van der Waals surface area (Å²) >= 11 is 6.02. The average molecular weight is 569 g/mol. The van der Waals surface area contributed by atoms with Crippen LogP contribution in [0.25, 0.3) is 0 Å². The average Bonchev–Trinajstić information content (AvgIpc) is 3.59. The van der Waals surface area contributed by atoms with Gasteiger partial charge in [-0.2, -0.15) is 0 Å². The summed E-state index contributed by atoms with van der Waals surface area (Å²) in [5.41, 5.74) is -0.531. The minimum atomic E-state index is -1.14. The fraction of sp³-hybridized carbons (Fsp3) is 0.645. The molecule has 4 fully saturated rings. The number of hydrogen-bond acceptors (Lipinski definition) is 5. The molecule has 1 aliphatic carbocycles. The molecule has 1 spiro atoms. The summed E-state index contributed by atoms with van der Waals surface area (Å²) in [6.07, 6.45) is 9.95. The topological polar surface area (TPSA) is 91.0 Å². The number of carbonyl (C=O) groups is 3. The molecule has 8 atom stereocenters. The lowest BCUT2D eigenvalue weighted by atomic mass is 9.73. The third-order valence-corrected chi connectivity index (χ3v) is 10.4. The monoisotopic (exact) mass is 568 g/mol. The summed E-state index contributed by atoms with van der Waals surface area (Å²) in [7, 11) is 0. The predicted molar refractivity (Wildman–Crippen MR) is 154 cm³/mol. The van der Waals surface area contributed by atoms with Gasteiger partial charge in [0.15, 0.2) is 0 Å². The lowest BCUT2D eigenvalue weighted by molar-refractivity contribution is -0.142. The van der Waals surface area contributed by atoms with Crippen LogP contribution in [0.1, 0.15) is 52.4 Å². The smallest absolute Gasteiger partial charge is 0.246 e. The van der Waals surface area contributed by atoms with Gasteiger partial charge in [0.2, 0.25) is 17.7 Å². The highest BCUT2D eigenvalue weighted by Crippen LogP contribution is 2.55. The number of fused-ring (bicyclic) bond motifs is 1. The molecule has 9 heteroatoms. The number of nitrogens with zero attached hydrogens (tertiary/aromatic N) is 2. The molecule has 40 heavy (non-hydrogen) atoms. The van der Waals surface area contributed by atoms with Crippen molar-refractivity contribution in [2.75, 3.05) is 31.5 Å². The number of rotatable bonds is 7. The van der Waals surface area contributed by atoms with Crippen LogP contribution in [0.15, 0.2) is 36.4 Å². The van der Waals surface area contributed by atoms with E-state index in [9.17, 15) is 14.4 Å². The summed E-state index contributed by atoms with van der Waals surface area (Å²) in [4.78, 5) is 46.1. The molecule has 216 valence electrons. The van der Waals surface area contributed by atoms with Crippen molar-refractivity contribution >= 4 is 35.0 Å². The first-order valence-electron chi connectivity index (χ1n) is 15.1. The van der Waals surface area contributed by atoms with Crippen LogP contribution in [-0.4, -0.2) is 77.5 Å². The fourth-order valence-electron chi connectivity index (χ4n) is 7.75. The molecule has 1 aromatic rings. The Labute approximate surface area is 241 Å². The van der Waals surface area contributed by atoms with Gasteiger partial charge in [-0.3, -0.25) is 14.4 Å². The van der Waals surface area contributed by atoms with E-state index in [0.29, 0.717) is 35.6 Å². The first-order valence-corrected chi connectivity index (χ1v) is 15.4. The predicted octanol–water partition coefficient (Wildman–Crippen LogP) is 3.86. The minimum absolute atomic E-state index is 0.0670. The van der Waals surface area contributed by atoms with Crippen LogP contribution in [0.4, 0.5) is 5.69 Å². The van der Waals surface area contributed by atoms with Gasteiger partial charge in [-0.1, -0.05) is 56.9 Å². The summed E-state index contributed by atoms with van der Waals surface area (Å²) in [6, 6.07) is 6.18. The number of benzene rings is 1. The number of piperidine rings is 1. The molecule has 5 aliphatic rings. The Morgan fingerprint density at radius 2 is 1.77 bits per heavy atom. The second-order valence-corrected chi connectivity index (χ2v) is 13.0. The highest BCUT2D eigenvalue weighted by atomic mass is 35.5. The Morgan fingerprint density at radius 1 is 1.02 bits per heavy atom. The Bertz CT molecular complexity index is 1170. The van der Waals surface area contributed by atoms with Crippen LogP contribution in [-0.2, 0) is 19.1 Å². The Morgan fingerprint density at radius 3 is 2.52 bits per heavy atom. The van der Waals surface area contributed by atoms with Gasteiger partial charge < -0.3 is 25.2 Å². The van der Waals surface area contributed by atoms with E-state index < -0.39 is 29.6 Å². The number of ether oxygens (including phenoxy) is 1. The van der Waals surface area contributed by atoms with Crippen molar-refractivity contribution in [1.29, 1.82) is 0 Å². The van der Waals surface area contributed by atoms with Crippen LogP contribution < -0.4 is 10.6 Å². The number of carbonyl (C=O) groups excluding carboxylic acids is 3. The van der Waals surface area contributed by atoms with Gasteiger partial charge in [-0.25, -0.2) is 0 Å². The van der Waals surface area contributed by atoms with Crippen molar-refractivity contribution in [3.63, 3.8) is 0 Å². The van der Waals surface area contributed by atoms with Gasteiger partial charge in [0, 0.05) is 29.8 Å². The molecule has 1 aromatic carbocycles. The lowest BCUT2D eigenvalue weighted by Gasteiger charge is -2.38. The molecule has 3 saturated heterocycles. The van der Waals surface area contributed by atoms with E-state index in [4.69, 9.17) is 16.3 Å². The van der Waals surface area contributed by atoms with Gasteiger partial charge in [-0.15, -0.1) is 0 Å². The number of nitrogens with one attached hydrogen (secondary N) is 2. The molecule has 8 nitrogen and oxygen atoms in total. The van der Waals surface area contributed by atoms with Crippen molar-refractivity contribution in [3.8, 4) is 0 Å². The molecule has 0 unspecified atom stereocenters.